The van der Waals surface area contributed by atoms with Gasteiger partial charge in [0, 0.05) is 12.1 Å². The summed E-state index contributed by atoms with van der Waals surface area (Å²) in [6.07, 6.45) is 4.12. The number of amides is 2. The molecule has 1 aromatic rings. The van der Waals surface area contributed by atoms with E-state index in [-0.39, 0.29) is 17.3 Å². The van der Waals surface area contributed by atoms with Crippen LogP contribution in [0, 0.1) is 33.7 Å². The quantitative estimate of drug-likeness (QED) is 0.364. The maximum Gasteiger partial charge on any atom is 0.271 e. The number of rotatable bonds is 2. The number of halogens is 1. The number of carbonyl (C=O) groups is 2. The Kier molecular flexibility index (Phi) is 3.27. The van der Waals surface area contributed by atoms with E-state index in [1.807, 2.05) is 19.1 Å². The number of anilines is 1. The van der Waals surface area contributed by atoms with E-state index in [4.69, 9.17) is 0 Å². The molecule has 1 aliphatic carbocycles. The van der Waals surface area contributed by atoms with Gasteiger partial charge >= 0.3 is 0 Å². The second kappa shape index (κ2) is 5.01. The average Bonchev–Trinajstić information content (AvgIpc) is 2.72. The van der Waals surface area contributed by atoms with Crippen LogP contribution in [0.4, 0.5) is 15.8 Å². The van der Waals surface area contributed by atoms with Gasteiger partial charge in [0.15, 0.2) is 0 Å². The summed E-state index contributed by atoms with van der Waals surface area (Å²) in [6, 6.07) is 2.83. The summed E-state index contributed by atoms with van der Waals surface area (Å²) in [7, 11) is 0. The van der Waals surface area contributed by atoms with E-state index in [0.717, 1.165) is 23.1 Å². The molecule has 114 valence electrons. The monoisotopic (exact) mass is 304 g/mol. The van der Waals surface area contributed by atoms with Gasteiger partial charge in [-0.25, -0.2) is 9.29 Å². The molecule has 1 heterocycles. The molecule has 2 aliphatic rings. The van der Waals surface area contributed by atoms with Gasteiger partial charge in [-0.1, -0.05) is 19.1 Å². The van der Waals surface area contributed by atoms with Crippen LogP contribution in [0.3, 0.4) is 0 Å². The van der Waals surface area contributed by atoms with Crippen LogP contribution >= 0.6 is 0 Å². The molecule has 1 fully saturated rings. The second-order valence-corrected chi connectivity index (χ2v) is 5.56. The maximum atomic E-state index is 14.0. The first-order chi connectivity index (χ1) is 10.4. The van der Waals surface area contributed by atoms with Crippen molar-refractivity contribution >= 4 is 23.2 Å². The predicted molar refractivity (Wildman–Crippen MR) is 75.4 cm³/mol. The summed E-state index contributed by atoms with van der Waals surface area (Å²) in [6.45, 7) is 1.83. The van der Waals surface area contributed by atoms with Crippen molar-refractivity contribution in [2.24, 2.45) is 17.8 Å². The van der Waals surface area contributed by atoms with E-state index in [1.54, 1.807) is 0 Å². The number of hydrogen-bond donors (Lipinski definition) is 0. The maximum absolute atomic E-state index is 14.0. The standard InChI is InChI=1S/C15H13FN2O4/c1-8-3-2-4-10-13(8)15(20)17(14(10)19)12-7-9(18(21)22)5-6-11(12)16/h2-3,5-8,10,13H,4H2,1H3/t8-,10-,13-/m1/s1. The minimum Gasteiger partial charge on any atom is -0.274 e. The van der Waals surface area contributed by atoms with Crippen LogP contribution in [0.15, 0.2) is 30.4 Å². The Balaban J connectivity index is 2.06. The third-order valence-electron chi connectivity index (χ3n) is 4.25. The molecule has 3 rings (SSSR count). The molecule has 3 atom stereocenters. The molecule has 0 bridgehead atoms. The van der Waals surface area contributed by atoms with Gasteiger partial charge in [0.2, 0.25) is 11.8 Å². The van der Waals surface area contributed by atoms with Gasteiger partial charge < -0.3 is 0 Å². The van der Waals surface area contributed by atoms with E-state index >= 15 is 0 Å². The highest BCUT2D eigenvalue weighted by Crippen LogP contribution is 2.41. The highest BCUT2D eigenvalue weighted by molar-refractivity contribution is 6.22. The molecule has 0 aromatic heterocycles. The third-order valence-corrected chi connectivity index (χ3v) is 4.25. The van der Waals surface area contributed by atoms with Crippen molar-refractivity contribution in [3.05, 3.63) is 46.3 Å². The Hall–Kier alpha value is -2.57. The number of allylic oxidation sites excluding steroid dienone is 2. The van der Waals surface area contributed by atoms with Crippen LogP contribution in [0.2, 0.25) is 0 Å². The van der Waals surface area contributed by atoms with E-state index in [9.17, 15) is 24.1 Å². The molecule has 0 N–H and O–H groups in total. The Labute approximate surface area is 125 Å². The molecular formula is C15H13FN2O4. The number of nitrogens with zero attached hydrogens (tertiary/aromatic N) is 2. The number of nitro benzene ring substituents is 1. The lowest BCUT2D eigenvalue weighted by molar-refractivity contribution is -0.384. The number of benzene rings is 1. The van der Waals surface area contributed by atoms with Gasteiger partial charge in [0.1, 0.15) is 5.82 Å². The third kappa shape index (κ3) is 2.01. The molecule has 0 saturated carbocycles. The van der Waals surface area contributed by atoms with Crippen molar-refractivity contribution in [2.45, 2.75) is 13.3 Å². The minimum atomic E-state index is -0.827. The Morgan fingerprint density at radius 2 is 2.05 bits per heavy atom. The number of nitro groups is 1. The van der Waals surface area contributed by atoms with Gasteiger partial charge in [-0.05, 0) is 18.4 Å². The van der Waals surface area contributed by atoms with E-state index < -0.39 is 34.4 Å². The Morgan fingerprint density at radius 3 is 2.68 bits per heavy atom. The number of imide groups is 1. The van der Waals surface area contributed by atoms with Crippen LogP contribution in [0.5, 0.6) is 0 Å². The van der Waals surface area contributed by atoms with Gasteiger partial charge in [-0.15, -0.1) is 0 Å². The zero-order valence-corrected chi connectivity index (χ0v) is 11.7. The van der Waals surface area contributed by atoms with Crippen molar-refractivity contribution in [3.8, 4) is 0 Å². The highest BCUT2D eigenvalue weighted by Gasteiger charge is 2.51. The summed E-state index contributed by atoms with van der Waals surface area (Å²) in [4.78, 5) is 35.9. The van der Waals surface area contributed by atoms with Crippen LogP contribution in [-0.2, 0) is 9.59 Å². The van der Waals surface area contributed by atoms with Crippen LogP contribution in [-0.4, -0.2) is 16.7 Å². The van der Waals surface area contributed by atoms with Crippen molar-refractivity contribution < 1.29 is 18.9 Å². The molecule has 0 unspecified atom stereocenters. The van der Waals surface area contributed by atoms with Gasteiger partial charge in [-0.3, -0.25) is 19.7 Å². The summed E-state index contributed by atoms with van der Waals surface area (Å²) in [5.74, 6) is -2.99. The normalized spacial score (nSPS) is 27.2. The molecule has 0 radical (unpaired) electrons. The molecule has 6 nitrogen and oxygen atoms in total. The summed E-state index contributed by atoms with van der Waals surface area (Å²) < 4.78 is 14.0. The fourth-order valence-corrected chi connectivity index (χ4v) is 3.17. The van der Waals surface area contributed by atoms with Gasteiger partial charge in [0.05, 0.1) is 22.4 Å². The zero-order valence-electron chi connectivity index (χ0n) is 11.7. The highest BCUT2D eigenvalue weighted by atomic mass is 19.1. The topological polar surface area (TPSA) is 80.5 Å². The first-order valence-corrected chi connectivity index (χ1v) is 6.90. The molecule has 0 spiro atoms. The molecule has 22 heavy (non-hydrogen) atoms. The molecule has 1 aliphatic heterocycles. The minimum absolute atomic E-state index is 0.123. The molecular weight excluding hydrogens is 291 g/mol. The first-order valence-electron chi connectivity index (χ1n) is 6.90. The van der Waals surface area contributed by atoms with E-state index in [1.165, 1.54) is 0 Å². The lowest BCUT2D eigenvalue weighted by atomic mass is 9.78. The van der Waals surface area contributed by atoms with Crippen LogP contribution in [0.1, 0.15) is 13.3 Å². The van der Waals surface area contributed by atoms with E-state index in [0.29, 0.717) is 6.42 Å². The van der Waals surface area contributed by atoms with E-state index in [2.05, 4.69) is 0 Å². The van der Waals surface area contributed by atoms with Crippen LogP contribution in [0.25, 0.3) is 0 Å². The predicted octanol–water partition coefficient (Wildman–Crippen LogP) is 2.44. The van der Waals surface area contributed by atoms with Gasteiger partial charge in [-0.2, -0.15) is 0 Å². The lowest BCUT2D eigenvalue weighted by Gasteiger charge is -2.22. The van der Waals surface area contributed by atoms with Gasteiger partial charge in [0.25, 0.3) is 5.69 Å². The second-order valence-electron chi connectivity index (χ2n) is 5.56. The first kappa shape index (κ1) is 14.4. The Morgan fingerprint density at radius 1 is 1.32 bits per heavy atom. The summed E-state index contributed by atoms with van der Waals surface area (Å²) in [5.41, 5.74) is -0.705. The van der Waals surface area contributed by atoms with Crippen molar-refractivity contribution in [3.63, 3.8) is 0 Å². The fourth-order valence-electron chi connectivity index (χ4n) is 3.17. The molecule has 2 amide bonds. The molecule has 7 heteroatoms. The Bertz CT molecular complexity index is 715. The molecule has 1 saturated heterocycles. The summed E-state index contributed by atoms with van der Waals surface area (Å²) in [5, 5.41) is 10.8. The number of carbonyl (C=O) groups excluding carboxylic acids is 2. The molecule has 1 aromatic carbocycles. The van der Waals surface area contributed by atoms with Crippen molar-refractivity contribution in [1.82, 2.24) is 0 Å². The SMILES string of the molecule is C[C@@H]1C=CC[C@H]2C(=O)N(c3cc([N+](=O)[O-])ccc3F)C(=O)[C@H]12. The number of hydrogen-bond acceptors (Lipinski definition) is 4. The summed E-state index contributed by atoms with van der Waals surface area (Å²) >= 11 is 0. The zero-order chi connectivity index (χ0) is 16.0. The largest absolute Gasteiger partial charge is 0.274 e. The lowest BCUT2D eigenvalue weighted by Crippen LogP contribution is -2.32. The van der Waals surface area contributed by atoms with Crippen LogP contribution < -0.4 is 4.90 Å². The van der Waals surface area contributed by atoms with Crippen molar-refractivity contribution in [2.75, 3.05) is 4.90 Å². The average molecular weight is 304 g/mol. The number of non-ortho nitro benzene ring substituents is 1. The fraction of sp³-hybridized carbons (Fsp3) is 0.333. The smallest absolute Gasteiger partial charge is 0.271 e. The number of fused-ring (bicyclic) bond motifs is 1. The van der Waals surface area contributed by atoms with Crippen molar-refractivity contribution in [1.29, 1.82) is 0 Å².